The first-order valence-corrected chi connectivity index (χ1v) is 2.36. The Hall–Kier alpha value is 0.244. The van der Waals surface area contributed by atoms with Gasteiger partial charge in [-0.05, 0) is 0 Å². The van der Waals surface area contributed by atoms with E-state index in [9.17, 15) is 27.2 Å². The van der Waals surface area contributed by atoms with Gasteiger partial charge in [0, 0.05) is 49.4 Å². The van der Waals surface area contributed by atoms with E-state index in [1.165, 1.54) is 0 Å². The number of hydrogen-bond acceptors (Lipinski definition) is 2. The number of aliphatic carboxylic acids is 2. The van der Waals surface area contributed by atoms with Crippen LogP contribution in [0.15, 0.2) is 0 Å². The van der Waals surface area contributed by atoms with Crippen molar-refractivity contribution < 1.29 is 86.7 Å². The Morgan fingerprint density at radius 2 is 1.00 bits per heavy atom. The fraction of sp³-hybridized carbons (Fsp3) is 0.500. The fourth-order valence-electron chi connectivity index (χ4n) is 0.269. The zero-order valence-electron chi connectivity index (χ0n) is 5.60. The van der Waals surface area contributed by atoms with Gasteiger partial charge in [0.15, 0.2) is 0 Å². The molecule has 0 saturated carbocycles. The molecule has 0 spiro atoms. The van der Waals surface area contributed by atoms with Gasteiger partial charge in [-0.3, -0.25) is 0 Å². The molecular formula is C4H2EuF4O4. The van der Waals surface area contributed by atoms with Crippen molar-refractivity contribution in [3.63, 3.8) is 0 Å². The smallest absolute Gasteiger partial charge is 0.415 e. The maximum atomic E-state index is 11.8. The van der Waals surface area contributed by atoms with Crippen molar-refractivity contribution in [3.8, 4) is 0 Å². The van der Waals surface area contributed by atoms with Gasteiger partial charge in [0.2, 0.25) is 0 Å². The topological polar surface area (TPSA) is 74.6 Å². The van der Waals surface area contributed by atoms with Crippen LogP contribution in [0.1, 0.15) is 0 Å². The molecule has 13 heavy (non-hydrogen) atoms. The van der Waals surface area contributed by atoms with Crippen LogP contribution < -0.4 is 0 Å². The number of carboxylic acid groups (broad SMARTS) is 2. The average Bonchev–Trinajstić information content (AvgIpc) is 1.86. The van der Waals surface area contributed by atoms with Crippen LogP contribution in [-0.4, -0.2) is 34.0 Å². The normalized spacial score (nSPS) is 11.7. The standard InChI is InChI=1S/C4H2F4O4.Eu/c5-3(6,1(9)10)4(7,8)2(11)12;/h(H,9,10)(H,11,12);. The molecule has 0 aromatic rings. The molecule has 0 heterocycles. The molecule has 0 atom stereocenters. The molecule has 1 radical (unpaired) electrons. The van der Waals surface area contributed by atoms with E-state index in [4.69, 9.17) is 10.2 Å². The summed E-state index contributed by atoms with van der Waals surface area (Å²) in [5.41, 5.74) is 0. The van der Waals surface area contributed by atoms with E-state index >= 15 is 0 Å². The third kappa shape index (κ3) is 2.85. The van der Waals surface area contributed by atoms with E-state index in [1.54, 1.807) is 0 Å². The maximum Gasteiger partial charge on any atom is 0.415 e. The summed E-state index contributed by atoms with van der Waals surface area (Å²) in [4.78, 5) is 19.0. The molecule has 0 unspecified atom stereocenters. The van der Waals surface area contributed by atoms with E-state index in [0.29, 0.717) is 0 Å². The number of hydrogen-bond donors (Lipinski definition) is 2. The monoisotopic (exact) mass is 343 g/mol. The minimum atomic E-state index is -5.60. The summed E-state index contributed by atoms with van der Waals surface area (Å²) in [6, 6.07) is 0. The van der Waals surface area contributed by atoms with Gasteiger partial charge in [0.05, 0.1) is 0 Å². The van der Waals surface area contributed by atoms with Gasteiger partial charge in [-0.1, -0.05) is 0 Å². The van der Waals surface area contributed by atoms with Crippen LogP contribution in [0.3, 0.4) is 0 Å². The predicted octanol–water partition coefficient (Wildman–Crippen LogP) is 0.426. The van der Waals surface area contributed by atoms with Crippen LogP contribution in [0, 0.1) is 49.4 Å². The summed E-state index contributed by atoms with van der Waals surface area (Å²) in [7, 11) is 0. The molecule has 0 aliphatic heterocycles. The van der Waals surface area contributed by atoms with Crippen molar-refractivity contribution in [3.05, 3.63) is 0 Å². The van der Waals surface area contributed by atoms with Crippen LogP contribution in [0.4, 0.5) is 17.6 Å². The summed E-state index contributed by atoms with van der Waals surface area (Å²) in [5, 5.41) is 15.1. The second-order valence-electron chi connectivity index (χ2n) is 1.76. The van der Waals surface area contributed by atoms with Crippen LogP contribution in [0.2, 0.25) is 0 Å². The molecule has 0 aliphatic rings. The van der Waals surface area contributed by atoms with Crippen molar-refractivity contribution in [1.29, 1.82) is 0 Å². The second kappa shape index (κ2) is 4.65. The minimum absolute atomic E-state index is 0. The first-order valence-electron chi connectivity index (χ1n) is 2.36. The SMILES string of the molecule is O=C(O)C(F)(F)C(F)(F)C(=O)O.[Eu]. The Kier molecular flexibility index (Phi) is 5.62. The summed E-state index contributed by atoms with van der Waals surface area (Å²) in [5.74, 6) is -17.6. The number of rotatable bonds is 3. The Labute approximate surface area is 109 Å². The summed E-state index contributed by atoms with van der Waals surface area (Å²) >= 11 is 0. The van der Waals surface area contributed by atoms with Crippen LogP contribution in [0.5, 0.6) is 0 Å². The molecule has 9 heteroatoms. The number of alkyl halides is 4. The van der Waals surface area contributed by atoms with Crippen LogP contribution >= 0.6 is 0 Å². The van der Waals surface area contributed by atoms with E-state index in [2.05, 4.69) is 0 Å². The zero-order chi connectivity index (χ0) is 10.2. The molecule has 0 aromatic heterocycles. The van der Waals surface area contributed by atoms with Gasteiger partial charge < -0.3 is 10.2 Å². The molecule has 77 valence electrons. The average molecular weight is 342 g/mol. The van der Waals surface area contributed by atoms with E-state index in [1.807, 2.05) is 0 Å². The minimum Gasteiger partial charge on any atom is -0.477 e. The van der Waals surface area contributed by atoms with E-state index in [-0.39, 0.29) is 49.4 Å². The molecular weight excluding hydrogens is 340 g/mol. The van der Waals surface area contributed by atoms with Crippen molar-refractivity contribution in [2.75, 3.05) is 0 Å². The summed E-state index contributed by atoms with van der Waals surface area (Å²) in [6.45, 7) is 0. The molecule has 0 rings (SSSR count). The molecule has 0 saturated heterocycles. The predicted molar refractivity (Wildman–Crippen MR) is 25.2 cm³/mol. The Morgan fingerprint density at radius 1 is 0.846 bits per heavy atom. The molecule has 0 bridgehead atoms. The van der Waals surface area contributed by atoms with Crippen molar-refractivity contribution in [1.82, 2.24) is 0 Å². The molecule has 0 fully saturated rings. The van der Waals surface area contributed by atoms with Gasteiger partial charge in [0.1, 0.15) is 0 Å². The van der Waals surface area contributed by atoms with Crippen LogP contribution in [-0.2, 0) is 9.59 Å². The summed E-state index contributed by atoms with van der Waals surface area (Å²) < 4.78 is 47.4. The van der Waals surface area contributed by atoms with E-state index in [0.717, 1.165) is 0 Å². The Balaban J connectivity index is 0. The first kappa shape index (κ1) is 15.7. The maximum absolute atomic E-state index is 11.8. The molecule has 0 aromatic carbocycles. The molecule has 4 nitrogen and oxygen atoms in total. The second-order valence-corrected chi connectivity index (χ2v) is 1.76. The Bertz CT molecular complexity index is 204. The van der Waals surface area contributed by atoms with Gasteiger partial charge in [-0.2, -0.15) is 17.6 Å². The van der Waals surface area contributed by atoms with Crippen molar-refractivity contribution in [2.45, 2.75) is 11.8 Å². The number of halogens is 4. The van der Waals surface area contributed by atoms with Gasteiger partial charge in [0.25, 0.3) is 0 Å². The van der Waals surface area contributed by atoms with Crippen molar-refractivity contribution >= 4 is 11.9 Å². The molecule has 2 N–H and O–H groups in total. The largest absolute Gasteiger partial charge is 0.477 e. The molecule has 0 amide bonds. The number of carboxylic acids is 2. The zero-order valence-corrected chi connectivity index (χ0v) is 8.03. The third-order valence-electron chi connectivity index (χ3n) is 0.932. The van der Waals surface area contributed by atoms with Crippen molar-refractivity contribution in [2.24, 2.45) is 0 Å². The molecule has 0 aliphatic carbocycles. The Morgan fingerprint density at radius 3 is 1.08 bits per heavy atom. The quantitative estimate of drug-likeness (QED) is 0.730. The summed E-state index contributed by atoms with van der Waals surface area (Å²) in [6.07, 6.45) is 0. The van der Waals surface area contributed by atoms with Gasteiger partial charge >= 0.3 is 23.8 Å². The van der Waals surface area contributed by atoms with E-state index < -0.39 is 23.8 Å². The number of carbonyl (C=O) groups is 2. The van der Waals surface area contributed by atoms with Gasteiger partial charge in [-0.15, -0.1) is 0 Å². The first-order chi connectivity index (χ1) is 5.14. The van der Waals surface area contributed by atoms with Gasteiger partial charge in [-0.25, -0.2) is 9.59 Å². The fourth-order valence-corrected chi connectivity index (χ4v) is 0.269. The third-order valence-corrected chi connectivity index (χ3v) is 0.932. The van der Waals surface area contributed by atoms with Crippen LogP contribution in [0.25, 0.3) is 0 Å².